The first-order valence-corrected chi connectivity index (χ1v) is 9.84. The molecule has 1 fully saturated rings. The van der Waals surface area contributed by atoms with Crippen molar-refractivity contribution in [2.75, 3.05) is 37.7 Å². The lowest BCUT2D eigenvalue weighted by Gasteiger charge is -2.35. The molecule has 0 N–H and O–H groups in total. The molecular weight excluding hydrogens is 342 g/mol. The van der Waals surface area contributed by atoms with Crippen molar-refractivity contribution in [1.29, 1.82) is 0 Å². The highest BCUT2D eigenvalue weighted by Crippen LogP contribution is 2.28. The Morgan fingerprint density at radius 1 is 1.19 bits per heavy atom. The fourth-order valence-corrected chi connectivity index (χ4v) is 4.01. The number of hydrogen-bond donors (Lipinski definition) is 0. The van der Waals surface area contributed by atoms with E-state index in [-0.39, 0.29) is 11.9 Å². The van der Waals surface area contributed by atoms with Gasteiger partial charge in [-0.1, -0.05) is 13.3 Å². The van der Waals surface area contributed by atoms with Gasteiger partial charge in [-0.3, -0.25) is 4.79 Å². The van der Waals surface area contributed by atoms with E-state index in [1.165, 1.54) is 5.56 Å². The van der Waals surface area contributed by atoms with Crippen LogP contribution in [-0.2, 0) is 22.5 Å². The number of carbonyl (C=O) groups is 1. The Labute approximate surface area is 160 Å². The normalized spacial score (nSPS) is 18.3. The lowest BCUT2D eigenvalue weighted by atomic mass is 10.0. The van der Waals surface area contributed by atoms with E-state index in [2.05, 4.69) is 21.8 Å². The summed E-state index contributed by atoms with van der Waals surface area (Å²) in [5, 5.41) is 0. The van der Waals surface area contributed by atoms with Gasteiger partial charge in [0.15, 0.2) is 0 Å². The molecular formula is C20H27N5O2. The van der Waals surface area contributed by atoms with E-state index in [1.807, 2.05) is 34.0 Å². The summed E-state index contributed by atoms with van der Waals surface area (Å²) < 4.78 is 7.49. The summed E-state index contributed by atoms with van der Waals surface area (Å²) in [6, 6.07) is 3.82. The number of carbonyl (C=O) groups excluding carboxylic acids is 1. The second-order valence-corrected chi connectivity index (χ2v) is 7.17. The number of hydrogen-bond acceptors (Lipinski definition) is 5. The van der Waals surface area contributed by atoms with Crippen LogP contribution in [0.4, 0.5) is 5.82 Å². The summed E-state index contributed by atoms with van der Waals surface area (Å²) in [4.78, 5) is 26.5. The minimum Gasteiger partial charge on any atom is -0.378 e. The van der Waals surface area contributed by atoms with Gasteiger partial charge in [0, 0.05) is 37.6 Å². The molecule has 0 spiro atoms. The maximum Gasteiger partial charge on any atom is 0.245 e. The highest BCUT2D eigenvalue weighted by molar-refractivity contribution is 5.81. The van der Waals surface area contributed by atoms with E-state index in [0.717, 1.165) is 63.6 Å². The van der Waals surface area contributed by atoms with Crippen molar-refractivity contribution < 1.29 is 9.53 Å². The molecule has 0 saturated carbocycles. The molecule has 7 nitrogen and oxygen atoms in total. The molecule has 0 radical (unpaired) electrons. The monoisotopic (exact) mass is 369 g/mol. The number of rotatable bonds is 5. The van der Waals surface area contributed by atoms with Gasteiger partial charge in [-0.05, 0) is 25.0 Å². The summed E-state index contributed by atoms with van der Waals surface area (Å²) in [5.41, 5.74) is 2.17. The Bertz CT molecular complexity index is 771. The van der Waals surface area contributed by atoms with Gasteiger partial charge in [0.2, 0.25) is 5.91 Å². The molecule has 2 aliphatic rings. The zero-order valence-electron chi connectivity index (χ0n) is 15.9. The molecule has 144 valence electrons. The van der Waals surface area contributed by atoms with E-state index in [4.69, 9.17) is 4.74 Å². The average Bonchev–Trinajstić information content (AvgIpc) is 3.26. The van der Waals surface area contributed by atoms with E-state index in [9.17, 15) is 4.79 Å². The molecule has 2 aromatic rings. The van der Waals surface area contributed by atoms with Crippen molar-refractivity contribution in [3.63, 3.8) is 0 Å². The van der Waals surface area contributed by atoms with Crippen LogP contribution in [0.5, 0.6) is 0 Å². The molecule has 1 atom stereocenters. The number of nitrogens with zero attached hydrogens (tertiary/aromatic N) is 5. The lowest BCUT2D eigenvalue weighted by molar-refractivity contribution is -0.136. The van der Waals surface area contributed by atoms with Crippen LogP contribution < -0.4 is 4.90 Å². The topological polar surface area (TPSA) is 63.5 Å². The van der Waals surface area contributed by atoms with Gasteiger partial charge in [-0.25, -0.2) is 9.97 Å². The van der Waals surface area contributed by atoms with Gasteiger partial charge in [0.05, 0.1) is 25.5 Å². The summed E-state index contributed by atoms with van der Waals surface area (Å²) >= 11 is 0. The fraction of sp³-hybridized carbons (Fsp3) is 0.550. The highest BCUT2D eigenvalue weighted by atomic mass is 16.5. The zero-order chi connectivity index (χ0) is 18.6. The van der Waals surface area contributed by atoms with Crippen molar-refractivity contribution in [3.05, 3.63) is 42.1 Å². The van der Waals surface area contributed by atoms with Crippen LogP contribution in [-0.4, -0.2) is 58.2 Å². The summed E-state index contributed by atoms with van der Waals surface area (Å²) in [6.07, 6.45) is 8.22. The Balaban J connectivity index is 1.53. The average molecular weight is 369 g/mol. The Hall–Kier alpha value is -2.41. The third kappa shape index (κ3) is 3.69. The first-order chi connectivity index (χ1) is 13.3. The third-order valence-electron chi connectivity index (χ3n) is 5.44. The molecule has 0 unspecified atom stereocenters. The number of amides is 1. The molecule has 0 aromatic carbocycles. The molecule has 7 heteroatoms. The maximum atomic E-state index is 13.2. The van der Waals surface area contributed by atoms with Gasteiger partial charge in [0.1, 0.15) is 18.2 Å². The van der Waals surface area contributed by atoms with Gasteiger partial charge >= 0.3 is 0 Å². The number of aromatic nitrogens is 3. The molecule has 0 bridgehead atoms. The Morgan fingerprint density at radius 2 is 1.96 bits per heavy atom. The molecule has 4 rings (SSSR count). The molecule has 0 aliphatic carbocycles. The lowest BCUT2D eigenvalue weighted by Crippen LogP contribution is -2.42. The van der Waals surface area contributed by atoms with Gasteiger partial charge in [0.25, 0.3) is 0 Å². The molecule has 2 aromatic heterocycles. The van der Waals surface area contributed by atoms with Crippen LogP contribution in [0.15, 0.2) is 30.9 Å². The number of morpholine rings is 1. The third-order valence-corrected chi connectivity index (χ3v) is 5.44. The van der Waals surface area contributed by atoms with E-state index >= 15 is 0 Å². The van der Waals surface area contributed by atoms with Crippen LogP contribution >= 0.6 is 0 Å². The van der Waals surface area contributed by atoms with E-state index < -0.39 is 0 Å². The van der Waals surface area contributed by atoms with Gasteiger partial charge < -0.3 is 19.1 Å². The van der Waals surface area contributed by atoms with Gasteiger partial charge in [-0.2, -0.15) is 0 Å². The van der Waals surface area contributed by atoms with Crippen LogP contribution in [0.2, 0.25) is 0 Å². The van der Waals surface area contributed by atoms with Crippen molar-refractivity contribution >= 4 is 11.7 Å². The Kier molecular flexibility index (Phi) is 5.38. The van der Waals surface area contributed by atoms with Crippen molar-refractivity contribution in [2.45, 2.75) is 38.8 Å². The van der Waals surface area contributed by atoms with Gasteiger partial charge in [-0.15, -0.1) is 0 Å². The maximum absolute atomic E-state index is 13.2. The predicted molar refractivity (Wildman–Crippen MR) is 103 cm³/mol. The summed E-state index contributed by atoms with van der Waals surface area (Å²) in [5.74, 6) is 1.20. The molecule has 27 heavy (non-hydrogen) atoms. The SMILES string of the molecule is CCC[C@H](C(=O)N1CCc2c(ncnc2N2CCOCC2)C1)n1cccc1. The minimum atomic E-state index is -0.132. The number of anilines is 1. The second kappa shape index (κ2) is 8.08. The van der Waals surface area contributed by atoms with Crippen LogP contribution in [0.3, 0.4) is 0 Å². The van der Waals surface area contributed by atoms with E-state index in [0.29, 0.717) is 6.54 Å². The number of ether oxygens (including phenoxy) is 1. The predicted octanol–water partition coefficient (Wildman–Crippen LogP) is 2.04. The fourth-order valence-electron chi connectivity index (χ4n) is 4.01. The van der Waals surface area contributed by atoms with Crippen LogP contribution in [0.25, 0.3) is 0 Å². The highest BCUT2D eigenvalue weighted by Gasteiger charge is 2.30. The molecule has 1 amide bonds. The van der Waals surface area contributed by atoms with Crippen molar-refractivity contribution in [2.24, 2.45) is 0 Å². The molecule has 2 aliphatic heterocycles. The molecule has 1 saturated heterocycles. The van der Waals surface area contributed by atoms with E-state index in [1.54, 1.807) is 6.33 Å². The zero-order valence-corrected chi connectivity index (χ0v) is 15.9. The summed E-state index contributed by atoms with van der Waals surface area (Å²) in [6.45, 7) is 6.60. The Morgan fingerprint density at radius 3 is 2.70 bits per heavy atom. The standard InChI is InChI=1S/C20H27N5O2/c1-2-5-18(23-7-3-4-8-23)20(26)25-9-6-16-17(14-25)21-15-22-19(16)24-10-12-27-13-11-24/h3-4,7-8,15,18H,2,5-6,9-14H2,1H3/t18-/m1/s1. The largest absolute Gasteiger partial charge is 0.378 e. The quantitative estimate of drug-likeness (QED) is 0.807. The van der Waals surface area contributed by atoms with Crippen molar-refractivity contribution in [1.82, 2.24) is 19.4 Å². The molecule has 4 heterocycles. The number of fused-ring (bicyclic) bond motifs is 1. The second-order valence-electron chi connectivity index (χ2n) is 7.17. The minimum absolute atomic E-state index is 0.132. The first-order valence-electron chi connectivity index (χ1n) is 9.84. The smallest absolute Gasteiger partial charge is 0.245 e. The first kappa shape index (κ1) is 18.0. The van der Waals surface area contributed by atoms with Crippen LogP contribution in [0, 0.1) is 0 Å². The summed E-state index contributed by atoms with van der Waals surface area (Å²) in [7, 11) is 0. The van der Waals surface area contributed by atoms with Crippen molar-refractivity contribution in [3.8, 4) is 0 Å². The van der Waals surface area contributed by atoms with Crippen LogP contribution in [0.1, 0.15) is 37.1 Å².